The summed E-state index contributed by atoms with van der Waals surface area (Å²) in [6, 6.07) is 1.65. The summed E-state index contributed by atoms with van der Waals surface area (Å²) >= 11 is 5.90. The predicted octanol–water partition coefficient (Wildman–Crippen LogP) is 2.41. The number of aromatic nitrogens is 2. The first-order chi connectivity index (χ1) is 7.85. The maximum absolute atomic E-state index is 5.90. The Bertz CT molecular complexity index is 380. The smallest absolute Gasteiger partial charge is 0.218 e. The van der Waals surface area contributed by atoms with Crippen LogP contribution >= 0.6 is 11.6 Å². The number of likely N-dealkylation sites (N-methyl/N-ethyl adjacent to an activating group) is 1. The zero-order valence-electron chi connectivity index (χ0n) is 11.1. The highest BCUT2D eigenvalue weighted by atomic mass is 35.5. The molecule has 0 N–H and O–H groups in total. The third kappa shape index (κ3) is 4.13. The first-order valence-corrected chi connectivity index (χ1v) is 6.06. The van der Waals surface area contributed by atoms with Gasteiger partial charge in [-0.15, -0.1) is 0 Å². The van der Waals surface area contributed by atoms with Gasteiger partial charge in [-0.3, -0.25) is 0 Å². The highest BCUT2D eigenvalue weighted by Gasteiger charge is 2.21. The maximum Gasteiger partial charge on any atom is 0.218 e. The van der Waals surface area contributed by atoms with Crippen molar-refractivity contribution < 1.29 is 4.74 Å². The van der Waals surface area contributed by atoms with Crippen molar-refractivity contribution in [2.45, 2.75) is 32.7 Å². The van der Waals surface area contributed by atoms with E-state index in [2.05, 4.69) is 28.7 Å². The predicted molar refractivity (Wildman–Crippen MR) is 69.7 cm³/mol. The van der Waals surface area contributed by atoms with Gasteiger partial charge in [0.2, 0.25) is 5.88 Å². The Hall–Kier alpha value is -0.870. The summed E-state index contributed by atoms with van der Waals surface area (Å²) in [6.07, 6.45) is 0.744. The van der Waals surface area contributed by atoms with Gasteiger partial charge in [0.1, 0.15) is 17.6 Å². The number of rotatable bonds is 5. The quantitative estimate of drug-likeness (QED) is 0.760. The summed E-state index contributed by atoms with van der Waals surface area (Å²) in [4.78, 5) is 10.5. The van der Waals surface area contributed by atoms with Gasteiger partial charge >= 0.3 is 0 Å². The molecule has 0 bridgehead atoms. The van der Waals surface area contributed by atoms with Gasteiger partial charge in [-0.25, -0.2) is 4.98 Å². The Morgan fingerprint density at radius 3 is 2.53 bits per heavy atom. The first kappa shape index (κ1) is 14.2. The first-order valence-electron chi connectivity index (χ1n) is 5.69. The van der Waals surface area contributed by atoms with Crippen molar-refractivity contribution in [2.75, 3.05) is 20.7 Å². The average molecular weight is 258 g/mol. The van der Waals surface area contributed by atoms with Crippen LogP contribution in [0.25, 0.3) is 0 Å². The fourth-order valence-corrected chi connectivity index (χ4v) is 1.24. The average Bonchev–Trinajstić information content (AvgIpc) is 2.25. The molecule has 0 radical (unpaired) electrons. The Kier molecular flexibility index (Phi) is 4.71. The van der Waals surface area contributed by atoms with Gasteiger partial charge in [-0.05, 0) is 27.9 Å². The van der Waals surface area contributed by atoms with Crippen LogP contribution in [0.5, 0.6) is 5.88 Å². The van der Waals surface area contributed by atoms with Gasteiger partial charge in [-0.2, -0.15) is 4.98 Å². The summed E-state index contributed by atoms with van der Waals surface area (Å²) in [7, 11) is 4.04. The minimum Gasteiger partial charge on any atom is -0.476 e. The van der Waals surface area contributed by atoms with E-state index in [0.29, 0.717) is 23.5 Å². The van der Waals surface area contributed by atoms with Crippen LogP contribution in [0.4, 0.5) is 0 Å². The molecule has 0 aromatic carbocycles. The lowest BCUT2D eigenvalue weighted by atomic mass is 10.1. The normalized spacial score (nSPS) is 11.9. The molecule has 1 aromatic rings. The van der Waals surface area contributed by atoms with E-state index in [1.807, 2.05) is 21.0 Å². The van der Waals surface area contributed by atoms with E-state index >= 15 is 0 Å². The van der Waals surface area contributed by atoms with Crippen molar-refractivity contribution in [3.63, 3.8) is 0 Å². The molecule has 0 aliphatic heterocycles. The van der Waals surface area contributed by atoms with Gasteiger partial charge in [0.05, 0.1) is 0 Å². The molecule has 1 aromatic heterocycles. The fraction of sp³-hybridized carbons (Fsp3) is 0.667. The van der Waals surface area contributed by atoms with Crippen LogP contribution in [0, 0.1) is 0 Å². The minimum atomic E-state index is -0.0518. The Morgan fingerprint density at radius 2 is 2.00 bits per heavy atom. The number of nitrogens with zero attached hydrogens (tertiary/aromatic N) is 3. The zero-order chi connectivity index (χ0) is 13.1. The van der Waals surface area contributed by atoms with Crippen molar-refractivity contribution in [1.82, 2.24) is 14.9 Å². The molecule has 0 aliphatic carbocycles. The summed E-state index contributed by atoms with van der Waals surface area (Å²) in [6.45, 7) is 6.75. The van der Waals surface area contributed by atoms with Gasteiger partial charge < -0.3 is 9.64 Å². The second-order valence-corrected chi connectivity index (χ2v) is 5.18. The summed E-state index contributed by atoms with van der Waals surface area (Å²) in [5, 5.41) is 0.425. The molecule has 5 heteroatoms. The van der Waals surface area contributed by atoms with Gasteiger partial charge in [-0.1, -0.05) is 18.5 Å². The van der Waals surface area contributed by atoms with E-state index < -0.39 is 0 Å². The Labute approximate surface area is 108 Å². The SMILES string of the molecule is CCc1nc(Cl)cc(OCC(C)(C)N(C)C)n1. The van der Waals surface area contributed by atoms with Crippen LogP contribution in [0.2, 0.25) is 5.15 Å². The van der Waals surface area contributed by atoms with E-state index in [-0.39, 0.29) is 5.54 Å². The molecule has 17 heavy (non-hydrogen) atoms. The van der Waals surface area contributed by atoms with E-state index in [1.165, 1.54) is 0 Å². The molecule has 0 amide bonds. The highest BCUT2D eigenvalue weighted by Crippen LogP contribution is 2.17. The lowest BCUT2D eigenvalue weighted by Crippen LogP contribution is -2.43. The number of hydrogen-bond donors (Lipinski definition) is 0. The monoisotopic (exact) mass is 257 g/mol. The van der Waals surface area contributed by atoms with E-state index in [9.17, 15) is 0 Å². The molecule has 0 fully saturated rings. The molecule has 0 aliphatic rings. The second kappa shape index (κ2) is 5.65. The molecule has 0 unspecified atom stereocenters. The third-order valence-electron chi connectivity index (χ3n) is 2.82. The Balaban J connectivity index is 2.72. The molecule has 0 spiro atoms. The standard InChI is InChI=1S/C12H20ClN3O/c1-6-10-14-9(13)7-11(15-10)17-8-12(2,3)16(4)5/h7H,6,8H2,1-5H3. The van der Waals surface area contributed by atoms with Crippen LogP contribution < -0.4 is 4.74 Å². The van der Waals surface area contributed by atoms with Crippen molar-refractivity contribution in [3.8, 4) is 5.88 Å². The maximum atomic E-state index is 5.90. The molecule has 96 valence electrons. The van der Waals surface area contributed by atoms with E-state index in [1.54, 1.807) is 6.07 Å². The van der Waals surface area contributed by atoms with Gasteiger partial charge in [0, 0.05) is 18.0 Å². The van der Waals surface area contributed by atoms with Crippen LogP contribution in [-0.4, -0.2) is 41.1 Å². The third-order valence-corrected chi connectivity index (χ3v) is 3.01. The molecule has 1 heterocycles. The van der Waals surface area contributed by atoms with Crippen LogP contribution in [0.3, 0.4) is 0 Å². The summed E-state index contributed by atoms with van der Waals surface area (Å²) in [5.74, 6) is 1.24. The topological polar surface area (TPSA) is 38.2 Å². The van der Waals surface area contributed by atoms with Crippen molar-refractivity contribution in [2.24, 2.45) is 0 Å². The van der Waals surface area contributed by atoms with Crippen LogP contribution in [-0.2, 0) is 6.42 Å². The van der Waals surface area contributed by atoms with Crippen LogP contribution in [0.1, 0.15) is 26.6 Å². The number of hydrogen-bond acceptors (Lipinski definition) is 4. The number of halogens is 1. The van der Waals surface area contributed by atoms with E-state index in [0.717, 1.165) is 6.42 Å². The zero-order valence-corrected chi connectivity index (χ0v) is 11.9. The molecular weight excluding hydrogens is 238 g/mol. The second-order valence-electron chi connectivity index (χ2n) is 4.79. The van der Waals surface area contributed by atoms with E-state index in [4.69, 9.17) is 16.3 Å². The molecule has 0 atom stereocenters. The minimum absolute atomic E-state index is 0.0518. The summed E-state index contributed by atoms with van der Waals surface area (Å²) in [5.41, 5.74) is -0.0518. The lowest BCUT2D eigenvalue weighted by molar-refractivity contribution is 0.111. The lowest BCUT2D eigenvalue weighted by Gasteiger charge is -2.31. The molecule has 1 rings (SSSR count). The van der Waals surface area contributed by atoms with Gasteiger partial charge in [0.25, 0.3) is 0 Å². The highest BCUT2D eigenvalue weighted by molar-refractivity contribution is 6.29. The fourth-order valence-electron chi connectivity index (χ4n) is 1.05. The van der Waals surface area contributed by atoms with Crippen LogP contribution in [0.15, 0.2) is 6.07 Å². The molecule has 0 saturated heterocycles. The van der Waals surface area contributed by atoms with Gasteiger partial charge in [0.15, 0.2) is 0 Å². The van der Waals surface area contributed by atoms with Crippen molar-refractivity contribution in [1.29, 1.82) is 0 Å². The summed E-state index contributed by atoms with van der Waals surface area (Å²) < 4.78 is 5.68. The van der Waals surface area contributed by atoms with Crippen molar-refractivity contribution in [3.05, 3.63) is 17.0 Å². The molecular formula is C12H20ClN3O. The largest absolute Gasteiger partial charge is 0.476 e. The Morgan fingerprint density at radius 1 is 1.35 bits per heavy atom. The number of aryl methyl sites for hydroxylation is 1. The molecule has 4 nitrogen and oxygen atoms in total. The van der Waals surface area contributed by atoms with Crippen molar-refractivity contribution >= 4 is 11.6 Å². The number of ether oxygens (including phenoxy) is 1. The molecule has 0 saturated carbocycles.